The van der Waals surface area contributed by atoms with Gasteiger partial charge in [0.1, 0.15) is 11.6 Å². The molecule has 1 heterocycles. The van der Waals surface area contributed by atoms with Crippen LogP contribution in [0.25, 0.3) is 0 Å². The molecule has 0 radical (unpaired) electrons. The highest BCUT2D eigenvalue weighted by Crippen LogP contribution is 2.05. The predicted octanol–water partition coefficient (Wildman–Crippen LogP) is 0.0395. The first-order chi connectivity index (χ1) is 9.72. The first kappa shape index (κ1) is 16.4. The third kappa shape index (κ3) is 4.44. The Morgan fingerprint density at radius 1 is 1.29 bits per heavy atom. The van der Waals surface area contributed by atoms with Crippen molar-refractivity contribution in [1.29, 1.82) is 0 Å². The topological polar surface area (TPSA) is 137 Å². The highest BCUT2D eigenvalue weighted by molar-refractivity contribution is 5.97. The highest BCUT2D eigenvalue weighted by atomic mass is 16.4. The summed E-state index contributed by atoms with van der Waals surface area (Å²) < 4.78 is 0. The molecule has 0 saturated heterocycles. The molecule has 0 aliphatic carbocycles. The van der Waals surface area contributed by atoms with Crippen LogP contribution in [0.1, 0.15) is 34.5 Å². The van der Waals surface area contributed by atoms with Crippen LogP contribution in [-0.2, 0) is 9.59 Å². The van der Waals surface area contributed by atoms with Crippen molar-refractivity contribution in [2.45, 2.75) is 32.7 Å². The Kier molecular flexibility index (Phi) is 5.23. The Hall–Kier alpha value is -2.64. The Labute approximate surface area is 119 Å². The van der Waals surface area contributed by atoms with Crippen LogP contribution < -0.4 is 10.9 Å². The van der Waals surface area contributed by atoms with Crippen LogP contribution in [0, 0.1) is 13.8 Å². The molecular weight excluding hydrogens is 280 g/mol. The number of carbonyl (C=O) groups excluding carboxylic acids is 1. The first-order valence-corrected chi connectivity index (χ1v) is 6.18. The number of hydrogen-bond donors (Lipinski definition) is 4. The van der Waals surface area contributed by atoms with Gasteiger partial charge in [-0.15, -0.1) is 0 Å². The second-order valence-electron chi connectivity index (χ2n) is 4.64. The van der Waals surface area contributed by atoms with E-state index >= 15 is 0 Å². The number of carbonyl (C=O) groups is 3. The molecule has 1 amide bonds. The summed E-state index contributed by atoms with van der Waals surface area (Å²) in [6.45, 7) is 3.22. The minimum Gasteiger partial charge on any atom is -0.481 e. The Morgan fingerprint density at radius 3 is 2.38 bits per heavy atom. The normalized spacial score (nSPS) is 11.7. The molecule has 0 saturated carbocycles. The number of carboxylic acids is 2. The summed E-state index contributed by atoms with van der Waals surface area (Å²) in [4.78, 5) is 47.7. The number of pyridine rings is 1. The molecule has 0 aliphatic heterocycles. The van der Waals surface area contributed by atoms with E-state index in [2.05, 4.69) is 10.3 Å². The van der Waals surface area contributed by atoms with E-state index in [0.29, 0.717) is 11.3 Å². The van der Waals surface area contributed by atoms with Crippen LogP contribution in [0.5, 0.6) is 0 Å². The van der Waals surface area contributed by atoms with Gasteiger partial charge in [0, 0.05) is 12.1 Å². The van der Waals surface area contributed by atoms with Gasteiger partial charge in [0.2, 0.25) is 0 Å². The number of rotatable bonds is 6. The van der Waals surface area contributed by atoms with Crippen LogP contribution in [0.2, 0.25) is 0 Å². The quantitative estimate of drug-likeness (QED) is 0.585. The van der Waals surface area contributed by atoms with E-state index in [1.54, 1.807) is 19.9 Å². The standard InChI is InChI=1S/C13H16N2O6/c1-6-5-7(2)14-11(18)10(6)12(19)15-8(13(20)21)3-4-9(16)17/h5,8H,3-4H2,1-2H3,(H,14,18)(H,15,19)(H,16,17)(H,20,21)/t8-/m0/s1. The van der Waals surface area contributed by atoms with Crippen molar-refractivity contribution < 1.29 is 24.6 Å². The molecule has 1 atom stereocenters. The zero-order valence-corrected chi connectivity index (χ0v) is 11.6. The Balaban J connectivity index is 2.95. The van der Waals surface area contributed by atoms with E-state index in [4.69, 9.17) is 10.2 Å². The molecule has 4 N–H and O–H groups in total. The molecular formula is C13H16N2O6. The van der Waals surface area contributed by atoms with E-state index < -0.39 is 35.9 Å². The second-order valence-corrected chi connectivity index (χ2v) is 4.64. The van der Waals surface area contributed by atoms with E-state index in [1.807, 2.05) is 0 Å². The van der Waals surface area contributed by atoms with E-state index in [1.165, 1.54) is 0 Å². The molecule has 1 rings (SSSR count). The molecule has 8 nitrogen and oxygen atoms in total. The van der Waals surface area contributed by atoms with Gasteiger partial charge in [0.05, 0.1) is 0 Å². The van der Waals surface area contributed by atoms with Gasteiger partial charge in [-0.05, 0) is 31.9 Å². The Morgan fingerprint density at radius 2 is 1.90 bits per heavy atom. The van der Waals surface area contributed by atoms with Crippen LogP contribution in [0.3, 0.4) is 0 Å². The minimum absolute atomic E-state index is 0.179. The van der Waals surface area contributed by atoms with Crippen LogP contribution in [0.15, 0.2) is 10.9 Å². The van der Waals surface area contributed by atoms with E-state index in [9.17, 15) is 19.2 Å². The lowest BCUT2D eigenvalue weighted by Gasteiger charge is -2.14. The van der Waals surface area contributed by atoms with Crippen molar-refractivity contribution in [3.63, 3.8) is 0 Å². The molecule has 0 bridgehead atoms. The third-order valence-electron chi connectivity index (χ3n) is 2.84. The molecule has 0 aromatic carbocycles. The second kappa shape index (κ2) is 6.69. The van der Waals surface area contributed by atoms with Crippen molar-refractivity contribution in [1.82, 2.24) is 10.3 Å². The van der Waals surface area contributed by atoms with Crippen molar-refractivity contribution in [3.05, 3.63) is 33.2 Å². The van der Waals surface area contributed by atoms with Crippen molar-refractivity contribution in [2.75, 3.05) is 0 Å². The minimum atomic E-state index is -1.37. The van der Waals surface area contributed by atoms with Gasteiger partial charge >= 0.3 is 11.9 Å². The van der Waals surface area contributed by atoms with Gasteiger partial charge in [-0.3, -0.25) is 14.4 Å². The van der Waals surface area contributed by atoms with Gasteiger partial charge in [-0.2, -0.15) is 0 Å². The number of aromatic amines is 1. The fraction of sp³-hybridized carbons (Fsp3) is 0.385. The largest absolute Gasteiger partial charge is 0.481 e. The molecule has 0 unspecified atom stereocenters. The average Bonchev–Trinajstić information content (AvgIpc) is 2.32. The lowest BCUT2D eigenvalue weighted by molar-refractivity contribution is -0.140. The summed E-state index contributed by atoms with van der Waals surface area (Å²) >= 11 is 0. The summed E-state index contributed by atoms with van der Waals surface area (Å²) in [5.41, 5.74) is 0.195. The summed E-state index contributed by atoms with van der Waals surface area (Å²) in [6.07, 6.45) is -0.667. The van der Waals surface area contributed by atoms with Gasteiger partial charge in [0.15, 0.2) is 0 Å². The van der Waals surface area contributed by atoms with Crippen molar-refractivity contribution >= 4 is 17.8 Å². The number of amides is 1. The summed E-state index contributed by atoms with van der Waals surface area (Å²) in [5.74, 6) is -3.36. The van der Waals surface area contributed by atoms with Gasteiger partial charge < -0.3 is 20.5 Å². The number of carboxylic acid groups (broad SMARTS) is 2. The number of H-pyrrole nitrogens is 1. The number of aromatic nitrogens is 1. The zero-order valence-electron chi connectivity index (χ0n) is 11.6. The monoisotopic (exact) mass is 296 g/mol. The smallest absolute Gasteiger partial charge is 0.326 e. The molecule has 21 heavy (non-hydrogen) atoms. The summed E-state index contributed by atoms with van der Waals surface area (Å²) in [5, 5.41) is 19.7. The van der Waals surface area contributed by atoms with Crippen LogP contribution in [-0.4, -0.2) is 39.1 Å². The lowest BCUT2D eigenvalue weighted by Crippen LogP contribution is -2.43. The highest BCUT2D eigenvalue weighted by Gasteiger charge is 2.23. The van der Waals surface area contributed by atoms with Crippen molar-refractivity contribution in [2.24, 2.45) is 0 Å². The summed E-state index contributed by atoms with van der Waals surface area (Å²) in [6, 6.07) is 0.220. The molecule has 1 aromatic rings. The molecule has 0 aliphatic rings. The zero-order chi connectivity index (χ0) is 16.2. The number of nitrogens with one attached hydrogen (secondary N) is 2. The Bertz CT molecular complexity index is 634. The maximum atomic E-state index is 12.0. The van der Waals surface area contributed by atoms with E-state index in [0.717, 1.165) is 0 Å². The maximum absolute atomic E-state index is 12.0. The average molecular weight is 296 g/mol. The molecule has 114 valence electrons. The molecule has 1 aromatic heterocycles. The molecule has 8 heteroatoms. The SMILES string of the molecule is Cc1cc(C)c(C(=O)N[C@@H](CCC(=O)O)C(=O)O)c(=O)[nH]1. The molecule has 0 fully saturated rings. The predicted molar refractivity (Wildman–Crippen MR) is 72.3 cm³/mol. The maximum Gasteiger partial charge on any atom is 0.326 e. The van der Waals surface area contributed by atoms with Crippen LogP contribution >= 0.6 is 0 Å². The molecule has 0 spiro atoms. The number of aryl methyl sites for hydroxylation is 2. The van der Waals surface area contributed by atoms with Crippen LogP contribution in [0.4, 0.5) is 0 Å². The fourth-order valence-corrected chi connectivity index (χ4v) is 1.89. The summed E-state index contributed by atoms with van der Waals surface area (Å²) in [7, 11) is 0. The van der Waals surface area contributed by atoms with Gasteiger partial charge in [-0.1, -0.05) is 0 Å². The van der Waals surface area contributed by atoms with Gasteiger partial charge in [0.25, 0.3) is 11.5 Å². The lowest BCUT2D eigenvalue weighted by atomic mass is 10.1. The van der Waals surface area contributed by atoms with Crippen molar-refractivity contribution in [3.8, 4) is 0 Å². The van der Waals surface area contributed by atoms with Gasteiger partial charge in [-0.25, -0.2) is 4.79 Å². The fourth-order valence-electron chi connectivity index (χ4n) is 1.89. The number of aliphatic carboxylic acids is 2. The van der Waals surface area contributed by atoms with E-state index in [-0.39, 0.29) is 12.0 Å². The third-order valence-corrected chi connectivity index (χ3v) is 2.84. The number of hydrogen-bond acceptors (Lipinski definition) is 4. The first-order valence-electron chi connectivity index (χ1n) is 6.18.